The predicted octanol–water partition coefficient (Wildman–Crippen LogP) is 3.60. The zero-order valence-corrected chi connectivity index (χ0v) is 11.6. The van der Waals surface area contributed by atoms with Crippen LogP contribution >= 0.6 is 10.7 Å². The molecule has 0 radical (unpaired) electrons. The maximum Gasteiger partial charge on any atom is 0.264 e. The largest absolute Gasteiger partial charge is 0.487 e. The number of hydrogen-bond donors (Lipinski definition) is 0. The summed E-state index contributed by atoms with van der Waals surface area (Å²) in [6.07, 6.45) is 4.51. The first-order valence-electron chi connectivity index (χ1n) is 5.99. The summed E-state index contributed by atoms with van der Waals surface area (Å²) in [7, 11) is 0.701. The first-order chi connectivity index (χ1) is 8.89. The zero-order valence-electron chi connectivity index (χ0n) is 10.0. The Kier molecular flexibility index (Phi) is 4.30. The van der Waals surface area contributed by atoms with Gasteiger partial charge in [0.2, 0.25) is 5.82 Å². The molecule has 0 aromatic heterocycles. The van der Waals surface area contributed by atoms with E-state index < -0.39 is 25.6 Å². The third-order valence-electron chi connectivity index (χ3n) is 3.12. The van der Waals surface area contributed by atoms with Crippen LogP contribution in [0.25, 0.3) is 0 Å². The number of rotatable bonds is 3. The molecule has 1 saturated carbocycles. The first kappa shape index (κ1) is 14.5. The van der Waals surface area contributed by atoms with Crippen molar-refractivity contribution in [1.29, 1.82) is 0 Å². The topological polar surface area (TPSA) is 43.4 Å². The highest BCUT2D eigenvalue weighted by molar-refractivity contribution is 8.13. The van der Waals surface area contributed by atoms with Crippen molar-refractivity contribution in [2.75, 3.05) is 0 Å². The van der Waals surface area contributed by atoms with E-state index in [9.17, 15) is 17.2 Å². The maximum atomic E-state index is 13.7. The lowest BCUT2D eigenvalue weighted by Gasteiger charge is -2.23. The van der Waals surface area contributed by atoms with Crippen LogP contribution in [0.1, 0.15) is 32.1 Å². The molecule has 0 atom stereocenters. The van der Waals surface area contributed by atoms with Crippen molar-refractivity contribution in [2.45, 2.75) is 43.1 Å². The van der Waals surface area contributed by atoms with Crippen LogP contribution in [0.2, 0.25) is 0 Å². The lowest BCUT2D eigenvalue weighted by atomic mass is 9.98. The third kappa shape index (κ3) is 3.36. The minimum absolute atomic E-state index is 0.152. The molecule has 0 bridgehead atoms. The summed E-state index contributed by atoms with van der Waals surface area (Å²) < 4.78 is 54.8. The van der Waals surface area contributed by atoms with E-state index in [1.165, 1.54) is 0 Å². The van der Waals surface area contributed by atoms with Crippen LogP contribution in [0.15, 0.2) is 17.0 Å². The first-order valence-corrected chi connectivity index (χ1v) is 8.30. The molecule has 1 aromatic carbocycles. The molecule has 0 saturated heterocycles. The van der Waals surface area contributed by atoms with Crippen LogP contribution in [0.3, 0.4) is 0 Å². The van der Waals surface area contributed by atoms with Gasteiger partial charge in [-0.1, -0.05) is 6.42 Å². The molecule has 3 nitrogen and oxygen atoms in total. The van der Waals surface area contributed by atoms with Crippen molar-refractivity contribution in [3.8, 4) is 5.75 Å². The van der Waals surface area contributed by atoms with Gasteiger partial charge in [0.15, 0.2) is 11.6 Å². The van der Waals surface area contributed by atoms with E-state index in [0.29, 0.717) is 0 Å². The molecule has 0 amide bonds. The van der Waals surface area contributed by atoms with Crippen LogP contribution < -0.4 is 4.74 Å². The second-order valence-corrected chi connectivity index (χ2v) is 7.04. The average molecular weight is 311 g/mol. The number of hydrogen-bond acceptors (Lipinski definition) is 3. The Bertz CT molecular complexity index is 569. The minimum atomic E-state index is -4.30. The van der Waals surface area contributed by atoms with Gasteiger partial charge in [0.25, 0.3) is 9.05 Å². The third-order valence-corrected chi connectivity index (χ3v) is 4.46. The molecule has 7 heteroatoms. The van der Waals surface area contributed by atoms with E-state index >= 15 is 0 Å². The van der Waals surface area contributed by atoms with Crippen LogP contribution in [-0.2, 0) is 9.05 Å². The molecule has 1 fully saturated rings. The Hall–Kier alpha value is -0.880. The predicted molar refractivity (Wildman–Crippen MR) is 66.9 cm³/mol. The second-order valence-electron chi connectivity index (χ2n) is 4.51. The molecule has 0 spiro atoms. The van der Waals surface area contributed by atoms with Gasteiger partial charge in [0, 0.05) is 10.7 Å². The Balaban J connectivity index is 2.26. The van der Waals surface area contributed by atoms with E-state index in [-0.39, 0.29) is 11.9 Å². The molecule has 1 aliphatic rings. The monoisotopic (exact) mass is 310 g/mol. The SMILES string of the molecule is O=S(=O)(Cl)c1ccc(OC2CCCCC2)c(F)c1F. The van der Waals surface area contributed by atoms with E-state index in [4.69, 9.17) is 15.4 Å². The Morgan fingerprint density at radius 2 is 1.74 bits per heavy atom. The molecule has 106 valence electrons. The number of ether oxygens (including phenoxy) is 1. The van der Waals surface area contributed by atoms with Gasteiger partial charge in [0.05, 0.1) is 6.10 Å². The summed E-state index contributed by atoms with van der Waals surface area (Å²) in [5.74, 6) is -3.08. The van der Waals surface area contributed by atoms with E-state index in [1.807, 2.05) is 0 Å². The lowest BCUT2D eigenvalue weighted by molar-refractivity contribution is 0.147. The molecule has 1 aliphatic carbocycles. The van der Waals surface area contributed by atoms with Gasteiger partial charge < -0.3 is 4.74 Å². The minimum Gasteiger partial charge on any atom is -0.487 e. The fourth-order valence-corrected chi connectivity index (χ4v) is 3.05. The molecule has 1 aromatic rings. The quantitative estimate of drug-likeness (QED) is 0.801. The Morgan fingerprint density at radius 1 is 1.11 bits per heavy atom. The highest BCUT2D eigenvalue weighted by atomic mass is 35.7. The van der Waals surface area contributed by atoms with Gasteiger partial charge in [-0.25, -0.2) is 12.8 Å². The van der Waals surface area contributed by atoms with E-state index in [2.05, 4.69) is 0 Å². The summed E-state index contributed by atoms with van der Waals surface area (Å²) in [6, 6.07) is 2.02. The van der Waals surface area contributed by atoms with Crippen molar-refractivity contribution in [3.05, 3.63) is 23.8 Å². The number of benzene rings is 1. The summed E-state index contributed by atoms with van der Waals surface area (Å²) in [5.41, 5.74) is 0. The molecule has 0 N–H and O–H groups in total. The van der Waals surface area contributed by atoms with Crippen molar-refractivity contribution in [1.82, 2.24) is 0 Å². The highest BCUT2D eigenvalue weighted by Gasteiger charge is 2.24. The lowest BCUT2D eigenvalue weighted by Crippen LogP contribution is -2.20. The van der Waals surface area contributed by atoms with Gasteiger partial charge in [-0.2, -0.15) is 4.39 Å². The highest BCUT2D eigenvalue weighted by Crippen LogP contribution is 2.30. The zero-order chi connectivity index (χ0) is 14.0. The van der Waals surface area contributed by atoms with Crippen LogP contribution in [0, 0.1) is 11.6 Å². The fraction of sp³-hybridized carbons (Fsp3) is 0.500. The van der Waals surface area contributed by atoms with Gasteiger partial charge in [-0.3, -0.25) is 0 Å². The molecule has 0 unspecified atom stereocenters. The fourth-order valence-electron chi connectivity index (χ4n) is 2.16. The van der Waals surface area contributed by atoms with Crippen LogP contribution in [-0.4, -0.2) is 14.5 Å². The van der Waals surface area contributed by atoms with Gasteiger partial charge in [0.1, 0.15) is 4.90 Å². The van der Waals surface area contributed by atoms with Gasteiger partial charge in [-0.15, -0.1) is 0 Å². The van der Waals surface area contributed by atoms with Crippen LogP contribution in [0.4, 0.5) is 8.78 Å². The van der Waals surface area contributed by atoms with E-state index in [0.717, 1.165) is 44.2 Å². The molecular formula is C12H13ClF2O3S. The standard InChI is InChI=1S/C12H13ClF2O3S/c13-19(16,17)10-7-6-9(11(14)12(10)15)18-8-4-2-1-3-5-8/h6-8H,1-5H2. The van der Waals surface area contributed by atoms with Crippen molar-refractivity contribution < 1.29 is 21.9 Å². The number of halogens is 3. The van der Waals surface area contributed by atoms with Crippen LogP contribution in [0.5, 0.6) is 5.75 Å². The molecule has 0 heterocycles. The Labute approximate surface area is 114 Å². The molecule has 2 rings (SSSR count). The summed E-state index contributed by atoms with van der Waals surface area (Å²) >= 11 is 0. The summed E-state index contributed by atoms with van der Waals surface area (Å²) in [4.78, 5) is -0.873. The summed E-state index contributed by atoms with van der Waals surface area (Å²) in [5, 5.41) is 0. The Morgan fingerprint density at radius 3 is 2.32 bits per heavy atom. The average Bonchev–Trinajstić information content (AvgIpc) is 2.35. The van der Waals surface area contributed by atoms with Gasteiger partial charge >= 0.3 is 0 Å². The van der Waals surface area contributed by atoms with Gasteiger partial charge in [-0.05, 0) is 37.8 Å². The second kappa shape index (κ2) is 5.63. The normalized spacial score (nSPS) is 17.4. The van der Waals surface area contributed by atoms with E-state index in [1.54, 1.807) is 0 Å². The summed E-state index contributed by atoms with van der Waals surface area (Å²) in [6.45, 7) is 0. The molecule has 0 aliphatic heterocycles. The maximum absolute atomic E-state index is 13.7. The van der Waals surface area contributed by atoms with Crippen molar-refractivity contribution in [2.24, 2.45) is 0 Å². The van der Waals surface area contributed by atoms with Crippen molar-refractivity contribution in [3.63, 3.8) is 0 Å². The van der Waals surface area contributed by atoms with Crippen molar-refractivity contribution >= 4 is 19.7 Å². The molecular weight excluding hydrogens is 298 g/mol. The smallest absolute Gasteiger partial charge is 0.264 e. The molecule has 19 heavy (non-hydrogen) atoms.